The Kier molecular flexibility index (Phi) is 5.05. The molecule has 5 aromatic rings. The van der Waals surface area contributed by atoms with Gasteiger partial charge in [0.2, 0.25) is 5.71 Å². The number of aryl methyl sites for hydroxylation is 3. The number of fused-ring (bicyclic) bond motifs is 3. The number of nitrogens with zero attached hydrogens (tertiary/aromatic N) is 2. The van der Waals surface area contributed by atoms with Crippen molar-refractivity contribution in [2.45, 2.75) is 46.0 Å². The van der Waals surface area contributed by atoms with Crippen LogP contribution in [0.2, 0.25) is 0 Å². The van der Waals surface area contributed by atoms with Gasteiger partial charge in [-0.2, -0.15) is 0 Å². The first-order valence-electron chi connectivity index (χ1n) is 11.2. The summed E-state index contributed by atoms with van der Waals surface area (Å²) in [5.74, 6) is 0. The number of rotatable bonds is 4. The highest BCUT2D eigenvalue weighted by Gasteiger charge is 2.20. The van der Waals surface area contributed by atoms with E-state index in [4.69, 9.17) is 14.4 Å². The standard InChI is InChI=1S/C29H28N2O/c1-19-18-30-26(17-25(19)29(2,3)4)24-12-8-11-22-23-16-15-21(31-28(23)32-27(22)24)14-13-20-9-6-5-7-10-20/h5-12,15-18H,13-14H2,1-4H3. The van der Waals surface area contributed by atoms with Crippen LogP contribution in [0.25, 0.3) is 33.3 Å². The highest BCUT2D eigenvalue weighted by molar-refractivity contribution is 6.08. The van der Waals surface area contributed by atoms with Gasteiger partial charge in [-0.1, -0.05) is 63.2 Å². The Morgan fingerprint density at radius 1 is 0.844 bits per heavy atom. The maximum atomic E-state index is 6.34. The lowest BCUT2D eigenvalue weighted by molar-refractivity contribution is 0.585. The third-order valence-corrected chi connectivity index (χ3v) is 6.12. The average molecular weight is 421 g/mol. The van der Waals surface area contributed by atoms with Gasteiger partial charge in [0.15, 0.2) is 0 Å². The quantitative estimate of drug-likeness (QED) is 0.303. The van der Waals surface area contributed by atoms with E-state index in [9.17, 15) is 0 Å². The largest absolute Gasteiger partial charge is 0.437 e. The SMILES string of the molecule is Cc1cnc(-c2cccc3c2oc2nc(CCc4ccccc4)ccc23)cc1C(C)(C)C. The number of hydrogen-bond acceptors (Lipinski definition) is 3. The molecule has 32 heavy (non-hydrogen) atoms. The predicted octanol–water partition coefficient (Wildman–Crippen LogP) is 7.43. The smallest absolute Gasteiger partial charge is 0.227 e. The molecule has 0 aliphatic carbocycles. The Balaban J connectivity index is 1.56. The molecule has 3 heterocycles. The summed E-state index contributed by atoms with van der Waals surface area (Å²) in [5.41, 5.74) is 8.43. The van der Waals surface area contributed by atoms with Crippen LogP contribution in [0.1, 0.15) is 43.2 Å². The molecule has 0 saturated carbocycles. The zero-order valence-electron chi connectivity index (χ0n) is 19.1. The molecule has 0 aliphatic heterocycles. The van der Waals surface area contributed by atoms with E-state index < -0.39 is 0 Å². The van der Waals surface area contributed by atoms with Crippen LogP contribution in [-0.4, -0.2) is 9.97 Å². The number of para-hydroxylation sites is 1. The fourth-order valence-electron chi connectivity index (χ4n) is 4.45. The van der Waals surface area contributed by atoms with E-state index in [0.29, 0.717) is 5.71 Å². The highest BCUT2D eigenvalue weighted by Crippen LogP contribution is 2.36. The number of pyridine rings is 2. The first kappa shape index (κ1) is 20.4. The fourth-order valence-corrected chi connectivity index (χ4v) is 4.45. The molecule has 160 valence electrons. The summed E-state index contributed by atoms with van der Waals surface area (Å²) >= 11 is 0. The van der Waals surface area contributed by atoms with E-state index in [1.165, 1.54) is 16.7 Å². The van der Waals surface area contributed by atoms with Crippen molar-refractivity contribution >= 4 is 22.1 Å². The van der Waals surface area contributed by atoms with Crippen LogP contribution in [0.4, 0.5) is 0 Å². The van der Waals surface area contributed by atoms with Crippen LogP contribution in [-0.2, 0) is 18.3 Å². The van der Waals surface area contributed by atoms with Crippen molar-refractivity contribution in [2.24, 2.45) is 0 Å². The van der Waals surface area contributed by atoms with Crippen LogP contribution in [0.5, 0.6) is 0 Å². The first-order valence-corrected chi connectivity index (χ1v) is 11.2. The fraction of sp³-hybridized carbons (Fsp3) is 0.241. The van der Waals surface area contributed by atoms with Crippen molar-refractivity contribution in [3.63, 3.8) is 0 Å². The highest BCUT2D eigenvalue weighted by atomic mass is 16.3. The molecule has 3 nitrogen and oxygen atoms in total. The summed E-state index contributed by atoms with van der Waals surface area (Å²) in [6, 6.07) is 23.3. The van der Waals surface area contributed by atoms with Gasteiger partial charge >= 0.3 is 0 Å². The molecule has 0 spiro atoms. The van der Waals surface area contributed by atoms with Crippen LogP contribution in [0.15, 0.2) is 77.3 Å². The Morgan fingerprint density at radius 3 is 2.44 bits per heavy atom. The molecule has 0 N–H and O–H groups in total. The van der Waals surface area contributed by atoms with Crippen LogP contribution < -0.4 is 0 Å². The average Bonchev–Trinajstić information content (AvgIpc) is 3.16. The van der Waals surface area contributed by atoms with Gasteiger partial charge < -0.3 is 4.42 Å². The summed E-state index contributed by atoms with van der Waals surface area (Å²) in [6.45, 7) is 8.84. The third-order valence-electron chi connectivity index (χ3n) is 6.12. The van der Waals surface area contributed by atoms with Crippen LogP contribution >= 0.6 is 0 Å². The van der Waals surface area contributed by atoms with Crippen molar-refractivity contribution in [2.75, 3.05) is 0 Å². The van der Waals surface area contributed by atoms with E-state index in [-0.39, 0.29) is 5.41 Å². The van der Waals surface area contributed by atoms with Gasteiger partial charge in [-0.15, -0.1) is 0 Å². The second-order valence-electron chi connectivity index (χ2n) is 9.56. The maximum Gasteiger partial charge on any atom is 0.227 e. The van der Waals surface area contributed by atoms with Gasteiger partial charge in [0.05, 0.1) is 5.69 Å². The Morgan fingerprint density at radius 2 is 1.66 bits per heavy atom. The molecule has 0 unspecified atom stereocenters. The molecule has 5 rings (SSSR count). The third kappa shape index (κ3) is 3.80. The molecule has 0 amide bonds. The molecule has 0 fully saturated rings. The van der Waals surface area contributed by atoms with Crippen molar-refractivity contribution < 1.29 is 4.42 Å². The topological polar surface area (TPSA) is 38.9 Å². The summed E-state index contributed by atoms with van der Waals surface area (Å²) in [6.07, 6.45) is 3.82. The van der Waals surface area contributed by atoms with Crippen LogP contribution in [0, 0.1) is 6.92 Å². The van der Waals surface area contributed by atoms with E-state index in [2.05, 4.69) is 88.4 Å². The van der Waals surface area contributed by atoms with Gasteiger partial charge in [-0.05, 0) is 66.1 Å². The molecule has 0 saturated heterocycles. The number of aromatic nitrogens is 2. The molecular weight excluding hydrogens is 392 g/mol. The maximum absolute atomic E-state index is 6.34. The summed E-state index contributed by atoms with van der Waals surface area (Å²) in [4.78, 5) is 9.59. The van der Waals surface area contributed by atoms with Crippen molar-refractivity contribution in [1.29, 1.82) is 0 Å². The van der Waals surface area contributed by atoms with Gasteiger partial charge in [0.1, 0.15) is 5.58 Å². The molecular formula is C29H28N2O. The van der Waals surface area contributed by atoms with Gasteiger partial charge in [-0.3, -0.25) is 4.98 Å². The summed E-state index contributed by atoms with van der Waals surface area (Å²) < 4.78 is 6.34. The second kappa shape index (κ2) is 7.90. The molecule has 3 heteroatoms. The lowest BCUT2D eigenvalue weighted by atomic mass is 9.84. The molecule has 2 aromatic carbocycles. The van der Waals surface area contributed by atoms with Crippen molar-refractivity contribution in [3.05, 3.63) is 95.3 Å². The molecule has 0 aliphatic rings. The monoisotopic (exact) mass is 420 g/mol. The van der Waals surface area contributed by atoms with E-state index >= 15 is 0 Å². The van der Waals surface area contributed by atoms with E-state index in [0.717, 1.165) is 46.1 Å². The number of furan rings is 1. The first-order chi connectivity index (χ1) is 15.4. The summed E-state index contributed by atoms with van der Waals surface area (Å²) in [5, 5.41) is 2.13. The zero-order valence-corrected chi connectivity index (χ0v) is 19.1. The van der Waals surface area contributed by atoms with Crippen LogP contribution in [0.3, 0.4) is 0 Å². The van der Waals surface area contributed by atoms with Crippen molar-refractivity contribution in [3.8, 4) is 11.3 Å². The second-order valence-corrected chi connectivity index (χ2v) is 9.56. The lowest BCUT2D eigenvalue weighted by Gasteiger charge is -2.22. The number of benzene rings is 2. The Labute approximate surface area is 189 Å². The molecule has 0 bridgehead atoms. The van der Waals surface area contributed by atoms with Gasteiger partial charge in [0, 0.05) is 28.2 Å². The molecule has 3 aromatic heterocycles. The van der Waals surface area contributed by atoms with E-state index in [1.807, 2.05) is 12.3 Å². The summed E-state index contributed by atoms with van der Waals surface area (Å²) in [7, 11) is 0. The Bertz CT molecular complexity index is 1410. The molecule has 0 atom stereocenters. The Hall–Kier alpha value is -3.46. The lowest BCUT2D eigenvalue weighted by Crippen LogP contribution is -2.13. The minimum Gasteiger partial charge on any atom is -0.437 e. The van der Waals surface area contributed by atoms with Gasteiger partial charge in [-0.25, -0.2) is 4.98 Å². The van der Waals surface area contributed by atoms with E-state index in [1.54, 1.807) is 0 Å². The van der Waals surface area contributed by atoms with Gasteiger partial charge in [0.25, 0.3) is 0 Å². The van der Waals surface area contributed by atoms with Crippen molar-refractivity contribution in [1.82, 2.24) is 9.97 Å². The zero-order chi connectivity index (χ0) is 22.3. The normalized spacial score (nSPS) is 12.0. The molecule has 0 radical (unpaired) electrons. The minimum absolute atomic E-state index is 0.0543. The minimum atomic E-state index is 0.0543. The number of hydrogen-bond donors (Lipinski definition) is 0. The predicted molar refractivity (Wildman–Crippen MR) is 132 cm³/mol.